The number of carbonyl (C=O) groups is 2. The minimum atomic E-state index is -0.847. The van der Waals surface area contributed by atoms with E-state index in [4.69, 9.17) is 10.2 Å². The van der Waals surface area contributed by atoms with Crippen molar-refractivity contribution in [3.63, 3.8) is 0 Å². The van der Waals surface area contributed by atoms with Crippen LogP contribution in [-0.2, 0) is 4.79 Å². The van der Waals surface area contributed by atoms with E-state index in [1.807, 2.05) is 0 Å². The van der Waals surface area contributed by atoms with E-state index in [9.17, 15) is 9.59 Å². The van der Waals surface area contributed by atoms with Crippen molar-refractivity contribution in [1.82, 2.24) is 20.4 Å². The minimum absolute atomic E-state index is 0.0872. The summed E-state index contributed by atoms with van der Waals surface area (Å²) in [7, 11) is 1.63. The van der Waals surface area contributed by atoms with Crippen LogP contribution in [0.5, 0.6) is 0 Å². The predicted molar refractivity (Wildman–Crippen MR) is 87.5 cm³/mol. The van der Waals surface area contributed by atoms with Gasteiger partial charge in [-0.1, -0.05) is 6.58 Å². The Bertz CT molecular complexity index is 408. The average molecular weight is 328 g/mol. The van der Waals surface area contributed by atoms with Gasteiger partial charge in [0.15, 0.2) is 0 Å². The van der Waals surface area contributed by atoms with Crippen molar-refractivity contribution < 1.29 is 19.8 Å². The zero-order valence-electron chi connectivity index (χ0n) is 13.8. The Balaban J connectivity index is 2.13. The van der Waals surface area contributed by atoms with Crippen LogP contribution in [0.25, 0.3) is 0 Å². The third kappa shape index (κ3) is 7.34. The number of hydrogen-bond acceptors (Lipinski definition) is 5. The van der Waals surface area contributed by atoms with Crippen LogP contribution >= 0.6 is 0 Å². The second-order valence-electron chi connectivity index (χ2n) is 5.74. The maximum Gasteiger partial charge on any atom is 0.320 e. The predicted octanol–water partition coefficient (Wildman–Crippen LogP) is 0.228. The number of aliphatic hydroxyl groups excluding tert-OH is 1. The molecule has 0 bridgehead atoms. The molecule has 0 saturated carbocycles. The lowest BCUT2D eigenvalue weighted by Crippen LogP contribution is -2.52. The molecule has 1 saturated heterocycles. The van der Waals surface area contributed by atoms with Crippen LogP contribution < -0.4 is 10.6 Å². The topological polar surface area (TPSA) is 105 Å². The Morgan fingerprint density at radius 2 is 1.83 bits per heavy atom. The first-order valence-electron chi connectivity index (χ1n) is 7.96. The van der Waals surface area contributed by atoms with Crippen LogP contribution in [0, 0.1) is 0 Å². The Hall–Kier alpha value is -1.80. The molecule has 8 heteroatoms. The van der Waals surface area contributed by atoms with Gasteiger partial charge in [0.05, 0.1) is 12.3 Å². The normalized spacial score (nSPS) is 16.8. The quantitative estimate of drug-likeness (QED) is 0.357. The van der Waals surface area contributed by atoms with E-state index in [0.717, 1.165) is 25.9 Å². The highest BCUT2D eigenvalue weighted by molar-refractivity contribution is 5.74. The average Bonchev–Trinajstić information content (AvgIpc) is 2.50. The van der Waals surface area contributed by atoms with E-state index < -0.39 is 12.0 Å². The number of urea groups is 1. The maximum absolute atomic E-state index is 12.0. The molecule has 0 aromatic rings. The maximum atomic E-state index is 12.0. The minimum Gasteiger partial charge on any atom is -0.512 e. The van der Waals surface area contributed by atoms with E-state index in [1.165, 1.54) is 0 Å². The van der Waals surface area contributed by atoms with Crippen LogP contribution in [0.3, 0.4) is 0 Å². The van der Waals surface area contributed by atoms with Gasteiger partial charge in [0.1, 0.15) is 6.04 Å². The fraction of sp³-hybridized carbons (Fsp3) is 0.733. The highest BCUT2D eigenvalue weighted by atomic mass is 16.4. The number of nitrogens with one attached hydrogen (secondary N) is 2. The number of hydrogen-bond donors (Lipinski definition) is 4. The van der Waals surface area contributed by atoms with Gasteiger partial charge in [-0.15, -0.1) is 0 Å². The first kappa shape index (κ1) is 19.2. The molecule has 0 aliphatic carbocycles. The van der Waals surface area contributed by atoms with Crippen LogP contribution in [0.2, 0.25) is 0 Å². The lowest BCUT2D eigenvalue weighted by molar-refractivity contribution is -0.139. The fourth-order valence-electron chi connectivity index (χ4n) is 2.54. The van der Waals surface area contributed by atoms with Gasteiger partial charge in [-0.2, -0.15) is 0 Å². The number of nitrogens with zero attached hydrogens (tertiary/aromatic N) is 2. The Morgan fingerprint density at radius 1 is 1.17 bits per heavy atom. The molecule has 132 valence electrons. The van der Waals surface area contributed by atoms with Gasteiger partial charge in [-0.25, -0.2) is 4.79 Å². The molecular weight excluding hydrogens is 300 g/mol. The summed E-state index contributed by atoms with van der Waals surface area (Å²) < 4.78 is 0. The summed E-state index contributed by atoms with van der Waals surface area (Å²) >= 11 is 0. The monoisotopic (exact) mass is 328 g/mol. The summed E-state index contributed by atoms with van der Waals surface area (Å²) in [5.41, 5.74) is 0. The van der Waals surface area contributed by atoms with Crippen LogP contribution in [-0.4, -0.2) is 84.4 Å². The molecule has 8 nitrogen and oxygen atoms in total. The molecule has 0 unspecified atom stereocenters. The number of piperazine rings is 1. The first-order valence-corrected chi connectivity index (χ1v) is 7.96. The number of unbranched alkanes of at least 4 members (excludes halogenated alkanes) is 1. The standard InChI is InChI=1S/C15H28N4O4/c1-12(20)11-18-7-9-19(10-8-18)15(23)17-6-4-3-5-13(16-2)14(21)22/h13,16,20H,1,3-11H2,2H3,(H,17,23)(H,21,22)/t13-/m1/s1. The van der Waals surface area contributed by atoms with Crippen molar-refractivity contribution in [2.75, 3.05) is 46.3 Å². The SMILES string of the molecule is C=C(O)CN1CCN(C(=O)NCCCC[C@@H](NC)C(=O)O)CC1. The van der Waals surface area contributed by atoms with Crippen molar-refractivity contribution in [2.45, 2.75) is 25.3 Å². The van der Waals surface area contributed by atoms with E-state index in [-0.39, 0.29) is 11.8 Å². The van der Waals surface area contributed by atoms with Crippen LogP contribution in [0.15, 0.2) is 12.3 Å². The molecule has 1 heterocycles. The molecule has 1 fully saturated rings. The van der Waals surface area contributed by atoms with E-state index >= 15 is 0 Å². The van der Waals surface area contributed by atoms with Crippen molar-refractivity contribution >= 4 is 12.0 Å². The molecular formula is C15H28N4O4. The number of amides is 2. The zero-order chi connectivity index (χ0) is 17.2. The van der Waals surface area contributed by atoms with Crippen LogP contribution in [0.1, 0.15) is 19.3 Å². The number of aliphatic hydroxyl groups is 1. The lowest BCUT2D eigenvalue weighted by atomic mass is 10.1. The van der Waals surface area contributed by atoms with Gasteiger partial charge in [0.2, 0.25) is 0 Å². The number of carbonyl (C=O) groups excluding carboxylic acids is 1. The number of carboxylic acids is 1. The van der Waals surface area contributed by atoms with Gasteiger partial charge in [-0.3, -0.25) is 9.69 Å². The molecule has 23 heavy (non-hydrogen) atoms. The fourth-order valence-corrected chi connectivity index (χ4v) is 2.54. The molecule has 1 atom stereocenters. The van der Waals surface area contributed by atoms with E-state index in [1.54, 1.807) is 11.9 Å². The molecule has 2 amide bonds. The summed E-state index contributed by atoms with van der Waals surface area (Å²) in [5, 5.41) is 23.7. The molecule has 1 aliphatic rings. The largest absolute Gasteiger partial charge is 0.512 e. The lowest BCUT2D eigenvalue weighted by Gasteiger charge is -2.34. The van der Waals surface area contributed by atoms with Crippen LogP contribution in [0.4, 0.5) is 4.79 Å². The van der Waals surface area contributed by atoms with E-state index in [2.05, 4.69) is 22.1 Å². The highest BCUT2D eigenvalue weighted by Gasteiger charge is 2.21. The summed E-state index contributed by atoms with van der Waals surface area (Å²) in [6, 6.07) is -0.615. The molecule has 0 radical (unpaired) electrons. The molecule has 1 rings (SSSR count). The second-order valence-corrected chi connectivity index (χ2v) is 5.74. The van der Waals surface area contributed by atoms with Crippen molar-refractivity contribution in [2.24, 2.45) is 0 Å². The molecule has 0 aromatic carbocycles. The summed E-state index contributed by atoms with van der Waals surface area (Å²) in [6.45, 7) is 7.15. The smallest absolute Gasteiger partial charge is 0.320 e. The molecule has 1 aliphatic heterocycles. The summed E-state index contributed by atoms with van der Waals surface area (Å²) in [5.74, 6) is -0.705. The van der Waals surface area contributed by atoms with Gasteiger partial charge in [0, 0.05) is 32.7 Å². The van der Waals surface area contributed by atoms with Crippen molar-refractivity contribution in [3.05, 3.63) is 12.3 Å². The summed E-state index contributed by atoms with van der Waals surface area (Å²) in [6.07, 6.45) is 2.04. The van der Waals surface area contributed by atoms with Crippen molar-refractivity contribution in [1.29, 1.82) is 0 Å². The third-order valence-electron chi connectivity index (χ3n) is 3.91. The van der Waals surface area contributed by atoms with Crippen molar-refractivity contribution in [3.8, 4) is 0 Å². The van der Waals surface area contributed by atoms with Gasteiger partial charge in [-0.05, 0) is 26.3 Å². The Labute approximate surface area is 137 Å². The summed E-state index contributed by atoms with van der Waals surface area (Å²) in [4.78, 5) is 26.7. The number of aliphatic carboxylic acids is 1. The number of likely N-dealkylation sites (N-methyl/N-ethyl adjacent to an activating group) is 1. The van der Waals surface area contributed by atoms with Gasteiger partial charge < -0.3 is 25.7 Å². The Morgan fingerprint density at radius 3 is 2.35 bits per heavy atom. The number of rotatable bonds is 9. The van der Waals surface area contributed by atoms with Gasteiger partial charge in [0.25, 0.3) is 0 Å². The molecule has 0 spiro atoms. The number of carboxylic acid groups (broad SMARTS) is 1. The Kier molecular flexibility index (Phi) is 8.42. The van der Waals surface area contributed by atoms with Gasteiger partial charge >= 0.3 is 12.0 Å². The highest BCUT2D eigenvalue weighted by Crippen LogP contribution is 2.04. The first-order chi connectivity index (χ1) is 10.9. The molecule has 4 N–H and O–H groups in total. The van der Waals surface area contributed by atoms with E-state index in [0.29, 0.717) is 32.6 Å². The second kappa shape index (κ2) is 10.1. The zero-order valence-corrected chi connectivity index (χ0v) is 13.8. The molecule has 0 aromatic heterocycles. The third-order valence-corrected chi connectivity index (χ3v) is 3.91.